The third-order valence-corrected chi connectivity index (χ3v) is 4.95. The van der Waals surface area contributed by atoms with Crippen molar-refractivity contribution in [1.82, 2.24) is 14.9 Å². The molecule has 3 aromatic rings. The molecule has 0 saturated heterocycles. The molecule has 1 aromatic heterocycles. The van der Waals surface area contributed by atoms with Crippen LogP contribution in [0.25, 0.3) is 10.9 Å². The van der Waals surface area contributed by atoms with E-state index in [9.17, 15) is 4.79 Å². The van der Waals surface area contributed by atoms with Crippen molar-refractivity contribution in [2.24, 2.45) is 0 Å². The van der Waals surface area contributed by atoms with E-state index in [-0.39, 0.29) is 5.56 Å². The lowest BCUT2D eigenvalue weighted by atomic mass is 9.99. The lowest BCUT2D eigenvalue weighted by molar-refractivity contribution is 0.198. The van der Waals surface area contributed by atoms with Crippen LogP contribution >= 0.6 is 0 Å². The Kier molecular flexibility index (Phi) is 5.23. The van der Waals surface area contributed by atoms with Gasteiger partial charge in [0.1, 0.15) is 5.82 Å². The molecule has 2 aromatic carbocycles. The van der Waals surface area contributed by atoms with Crippen LogP contribution in [0, 0.1) is 20.8 Å². The first-order valence-corrected chi connectivity index (χ1v) is 9.14. The summed E-state index contributed by atoms with van der Waals surface area (Å²) in [6.45, 7) is 12.3. The molecule has 3 rings (SSSR count). The van der Waals surface area contributed by atoms with Gasteiger partial charge in [0.2, 0.25) is 0 Å². The first-order valence-electron chi connectivity index (χ1n) is 9.14. The number of H-pyrrole nitrogens is 1. The van der Waals surface area contributed by atoms with Crippen LogP contribution < -0.4 is 5.56 Å². The van der Waals surface area contributed by atoms with Crippen molar-refractivity contribution in [3.05, 3.63) is 74.8 Å². The highest BCUT2D eigenvalue weighted by molar-refractivity contribution is 5.77. The molecular formula is C22H27N3O. The number of aryl methyl sites for hydroxylation is 3. The van der Waals surface area contributed by atoms with Crippen LogP contribution in [-0.4, -0.2) is 20.9 Å². The molecule has 0 saturated carbocycles. The summed E-state index contributed by atoms with van der Waals surface area (Å²) in [5.74, 6) is 0.713. The Morgan fingerprint density at radius 2 is 1.69 bits per heavy atom. The highest BCUT2D eigenvalue weighted by atomic mass is 16.1. The Hall–Kier alpha value is -2.46. The number of rotatable bonds is 5. The second kappa shape index (κ2) is 7.42. The van der Waals surface area contributed by atoms with Gasteiger partial charge in [0, 0.05) is 12.6 Å². The zero-order chi connectivity index (χ0) is 18.8. The molecule has 0 aliphatic carbocycles. The average Bonchev–Trinajstić information content (AvgIpc) is 2.56. The lowest BCUT2D eigenvalue weighted by Gasteiger charge is -2.27. The van der Waals surface area contributed by atoms with Gasteiger partial charge < -0.3 is 4.98 Å². The summed E-state index contributed by atoms with van der Waals surface area (Å²) in [5, 5.41) is 0.637. The van der Waals surface area contributed by atoms with E-state index in [1.54, 1.807) is 0 Å². The van der Waals surface area contributed by atoms with Gasteiger partial charge in [-0.05, 0) is 63.4 Å². The predicted molar refractivity (Wildman–Crippen MR) is 107 cm³/mol. The molecule has 0 amide bonds. The third-order valence-electron chi connectivity index (χ3n) is 4.95. The minimum Gasteiger partial charge on any atom is -0.309 e. The minimum atomic E-state index is -0.0722. The van der Waals surface area contributed by atoms with Crippen molar-refractivity contribution in [2.75, 3.05) is 0 Å². The van der Waals surface area contributed by atoms with Crippen LogP contribution in [0.4, 0.5) is 0 Å². The van der Waals surface area contributed by atoms with Crippen LogP contribution in [0.1, 0.15) is 41.9 Å². The first kappa shape index (κ1) is 18.3. The van der Waals surface area contributed by atoms with E-state index >= 15 is 0 Å². The van der Waals surface area contributed by atoms with Crippen molar-refractivity contribution in [3.63, 3.8) is 0 Å². The molecule has 4 heteroatoms. The quantitative estimate of drug-likeness (QED) is 0.749. The number of aromatic nitrogens is 2. The highest BCUT2D eigenvalue weighted by Gasteiger charge is 2.16. The molecule has 0 aliphatic rings. The summed E-state index contributed by atoms with van der Waals surface area (Å²) in [7, 11) is 0. The van der Waals surface area contributed by atoms with E-state index in [2.05, 4.69) is 61.6 Å². The molecule has 0 spiro atoms. The van der Waals surface area contributed by atoms with Gasteiger partial charge in [0.05, 0.1) is 17.4 Å². The topological polar surface area (TPSA) is 49.0 Å². The third kappa shape index (κ3) is 3.86. The van der Waals surface area contributed by atoms with Crippen molar-refractivity contribution >= 4 is 10.9 Å². The largest absolute Gasteiger partial charge is 0.309 e. The molecular weight excluding hydrogens is 322 g/mol. The molecule has 0 atom stereocenters. The number of para-hydroxylation sites is 1. The van der Waals surface area contributed by atoms with Crippen molar-refractivity contribution < 1.29 is 0 Å². The van der Waals surface area contributed by atoms with E-state index in [4.69, 9.17) is 0 Å². The Balaban J connectivity index is 1.92. The van der Waals surface area contributed by atoms with Gasteiger partial charge in [-0.2, -0.15) is 0 Å². The number of hydrogen-bond acceptors (Lipinski definition) is 3. The summed E-state index contributed by atoms with van der Waals surface area (Å²) >= 11 is 0. The molecule has 0 unspecified atom stereocenters. The fourth-order valence-electron chi connectivity index (χ4n) is 3.49. The second-order valence-electron chi connectivity index (χ2n) is 7.41. The molecule has 0 radical (unpaired) electrons. The van der Waals surface area contributed by atoms with Gasteiger partial charge >= 0.3 is 0 Å². The van der Waals surface area contributed by atoms with Crippen LogP contribution in [0.3, 0.4) is 0 Å². The SMILES string of the molecule is Cc1cc(C)c(CN(Cc2nc3ccccc3c(=O)[nH]2)C(C)C)c(C)c1. The van der Waals surface area contributed by atoms with Crippen molar-refractivity contribution in [2.45, 2.75) is 53.8 Å². The molecule has 0 aliphatic heterocycles. The minimum absolute atomic E-state index is 0.0722. The number of benzene rings is 2. The van der Waals surface area contributed by atoms with Crippen LogP contribution in [0.5, 0.6) is 0 Å². The van der Waals surface area contributed by atoms with Crippen LogP contribution in [0.2, 0.25) is 0 Å². The zero-order valence-corrected chi connectivity index (χ0v) is 16.3. The van der Waals surface area contributed by atoms with E-state index in [0.29, 0.717) is 23.8 Å². The maximum atomic E-state index is 12.3. The number of nitrogens with zero attached hydrogens (tertiary/aromatic N) is 2. The number of hydrogen-bond donors (Lipinski definition) is 1. The summed E-state index contributed by atoms with van der Waals surface area (Å²) in [5.41, 5.74) is 5.95. The molecule has 0 fully saturated rings. The summed E-state index contributed by atoms with van der Waals surface area (Å²) in [4.78, 5) is 22.3. The van der Waals surface area contributed by atoms with Gasteiger partial charge in [-0.1, -0.05) is 29.8 Å². The van der Waals surface area contributed by atoms with E-state index in [1.165, 1.54) is 22.3 Å². The second-order valence-corrected chi connectivity index (χ2v) is 7.41. The Morgan fingerprint density at radius 3 is 2.35 bits per heavy atom. The summed E-state index contributed by atoms with van der Waals surface area (Å²) in [6.07, 6.45) is 0. The van der Waals surface area contributed by atoms with Gasteiger partial charge in [-0.25, -0.2) is 4.98 Å². The molecule has 1 N–H and O–H groups in total. The lowest BCUT2D eigenvalue weighted by Crippen LogP contribution is -2.32. The van der Waals surface area contributed by atoms with Gasteiger partial charge in [-0.3, -0.25) is 9.69 Å². The standard InChI is InChI=1S/C22H27N3O/c1-14(2)25(12-19-16(4)10-15(3)11-17(19)5)13-21-23-20-9-7-6-8-18(20)22(26)24-21/h6-11,14H,12-13H2,1-5H3,(H,23,24,26). The monoisotopic (exact) mass is 349 g/mol. The number of aromatic amines is 1. The molecule has 136 valence electrons. The predicted octanol–water partition coefficient (Wildman–Crippen LogP) is 4.26. The Morgan fingerprint density at radius 1 is 1.04 bits per heavy atom. The summed E-state index contributed by atoms with van der Waals surface area (Å²) < 4.78 is 0. The summed E-state index contributed by atoms with van der Waals surface area (Å²) in [6, 6.07) is 12.3. The van der Waals surface area contributed by atoms with Crippen LogP contribution in [0.15, 0.2) is 41.2 Å². The molecule has 1 heterocycles. The maximum Gasteiger partial charge on any atom is 0.258 e. The first-order chi connectivity index (χ1) is 12.3. The highest BCUT2D eigenvalue weighted by Crippen LogP contribution is 2.20. The molecule has 26 heavy (non-hydrogen) atoms. The van der Waals surface area contributed by atoms with Crippen molar-refractivity contribution in [1.29, 1.82) is 0 Å². The maximum absolute atomic E-state index is 12.3. The fourth-order valence-corrected chi connectivity index (χ4v) is 3.49. The van der Waals surface area contributed by atoms with E-state index in [0.717, 1.165) is 12.1 Å². The average molecular weight is 349 g/mol. The Bertz CT molecular complexity index is 965. The van der Waals surface area contributed by atoms with E-state index in [1.807, 2.05) is 24.3 Å². The smallest absolute Gasteiger partial charge is 0.258 e. The zero-order valence-electron chi connectivity index (χ0n) is 16.3. The normalized spacial score (nSPS) is 11.7. The molecule has 0 bridgehead atoms. The Labute approximate surface area is 154 Å². The molecule has 4 nitrogen and oxygen atoms in total. The van der Waals surface area contributed by atoms with Gasteiger partial charge in [-0.15, -0.1) is 0 Å². The fraction of sp³-hybridized carbons (Fsp3) is 0.364. The van der Waals surface area contributed by atoms with Crippen molar-refractivity contribution in [3.8, 4) is 0 Å². The van der Waals surface area contributed by atoms with Gasteiger partial charge in [0.15, 0.2) is 0 Å². The van der Waals surface area contributed by atoms with E-state index < -0.39 is 0 Å². The number of nitrogens with one attached hydrogen (secondary N) is 1. The number of fused-ring (bicyclic) bond motifs is 1. The van der Waals surface area contributed by atoms with Gasteiger partial charge in [0.25, 0.3) is 5.56 Å². The van der Waals surface area contributed by atoms with Crippen LogP contribution in [-0.2, 0) is 13.1 Å².